The van der Waals surface area contributed by atoms with Crippen LogP contribution in [0.4, 0.5) is 11.4 Å². The number of hydrogen-bond donors (Lipinski definition) is 0. The SMILES string of the molecule is [C-]#[N+]c1cc(-c2c(C)c(-c3cc(C#N)c(-n4c5ccc(C)cc5c5cc(C)ccc54)c(C#N)c3)c(C)c(-c3cc(C#N)c(-n4c5ccc(C)cc5c5cc(C)ccc54)c([N+]#[C-])c3)c2C)cc(C#N)c1-n1c2ccc(C)cc2c2cc(C)ccc21. The van der Waals surface area contributed by atoms with Crippen molar-refractivity contribution in [3.63, 3.8) is 0 Å². The Labute approximate surface area is 486 Å². The van der Waals surface area contributed by atoms with E-state index in [9.17, 15) is 21.0 Å². The lowest BCUT2D eigenvalue weighted by Crippen LogP contribution is -2.05. The molecule has 0 atom stereocenters. The third-order valence-electron chi connectivity index (χ3n) is 17.0. The third kappa shape index (κ3) is 7.70. The molecule has 3 heterocycles. The molecule has 0 spiro atoms. The van der Waals surface area contributed by atoms with E-state index in [0.717, 1.165) is 132 Å². The average molecular weight is 1080 g/mol. The zero-order valence-corrected chi connectivity index (χ0v) is 47.9. The molecule has 0 amide bonds. The van der Waals surface area contributed by atoms with Crippen molar-refractivity contribution < 1.29 is 0 Å². The van der Waals surface area contributed by atoms with Crippen LogP contribution in [-0.2, 0) is 0 Å². The van der Waals surface area contributed by atoms with Crippen LogP contribution in [0, 0.1) is 121 Å². The lowest BCUT2D eigenvalue weighted by molar-refractivity contribution is 1.15. The predicted octanol–water partition coefficient (Wildman–Crippen LogP) is 19.3. The molecule has 0 N–H and O–H groups in total. The van der Waals surface area contributed by atoms with Crippen LogP contribution in [0.2, 0.25) is 0 Å². The first-order chi connectivity index (χ1) is 40.6. The van der Waals surface area contributed by atoms with E-state index in [1.54, 1.807) is 0 Å². The summed E-state index contributed by atoms with van der Waals surface area (Å²) in [6.07, 6.45) is 0. The Morgan fingerprint density at radius 2 is 0.512 bits per heavy atom. The van der Waals surface area contributed by atoms with E-state index in [2.05, 4.69) is 136 Å². The van der Waals surface area contributed by atoms with Crippen LogP contribution in [0.5, 0.6) is 0 Å². The lowest BCUT2D eigenvalue weighted by Gasteiger charge is -2.25. The molecule has 3 aromatic heterocycles. The predicted molar refractivity (Wildman–Crippen MR) is 340 cm³/mol. The normalized spacial score (nSPS) is 11.3. The average Bonchev–Trinajstić information content (AvgIpc) is 1.88. The van der Waals surface area contributed by atoms with Crippen LogP contribution in [0.1, 0.15) is 72.3 Å². The fourth-order valence-electron chi connectivity index (χ4n) is 13.5. The molecular weight excluding hydrogens is 1030 g/mol. The zero-order chi connectivity index (χ0) is 58.7. The molecule has 0 unspecified atom stereocenters. The molecule has 9 heteroatoms. The summed E-state index contributed by atoms with van der Waals surface area (Å²) in [6, 6.07) is 58.7. The lowest BCUT2D eigenvalue weighted by atomic mass is 9.79. The first kappa shape index (κ1) is 51.9. The van der Waals surface area contributed by atoms with Gasteiger partial charge in [-0.15, -0.1) is 0 Å². The van der Waals surface area contributed by atoms with E-state index in [4.69, 9.17) is 13.1 Å². The van der Waals surface area contributed by atoms with Gasteiger partial charge in [0.15, 0.2) is 0 Å². The highest BCUT2D eigenvalue weighted by Gasteiger charge is 2.29. The van der Waals surface area contributed by atoms with Crippen LogP contribution in [0.3, 0.4) is 0 Å². The molecule has 396 valence electrons. The Morgan fingerprint density at radius 3 is 0.738 bits per heavy atom. The topological polar surface area (TPSA) is 119 Å². The molecular formula is C75H51N9. The fraction of sp³-hybridized carbons (Fsp3) is 0.120. The van der Waals surface area contributed by atoms with Gasteiger partial charge in [-0.1, -0.05) is 69.8 Å². The maximum atomic E-state index is 11.4. The molecule has 9 nitrogen and oxygen atoms in total. The number of aryl methyl sites for hydroxylation is 6. The van der Waals surface area contributed by atoms with E-state index < -0.39 is 0 Å². The van der Waals surface area contributed by atoms with E-state index in [0.29, 0.717) is 44.9 Å². The van der Waals surface area contributed by atoms with E-state index in [-0.39, 0.29) is 22.5 Å². The van der Waals surface area contributed by atoms with Crippen molar-refractivity contribution in [2.24, 2.45) is 0 Å². The molecule has 0 bridgehead atoms. The summed E-state index contributed by atoms with van der Waals surface area (Å²) in [7, 11) is 0. The van der Waals surface area contributed by atoms with E-state index in [1.807, 2.05) is 119 Å². The molecule has 13 rings (SSSR count). The van der Waals surface area contributed by atoms with Gasteiger partial charge in [0.05, 0.1) is 97.7 Å². The maximum Gasteiger partial charge on any atom is 0.212 e. The minimum atomic E-state index is 0.272. The highest BCUT2D eigenvalue weighted by Crippen LogP contribution is 2.50. The van der Waals surface area contributed by atoms with Crippen molar-refractivity contribution in [3.05, 3.63) is 241 Å². The number of hydrogen-bond acceptors (Lipinski definition) is 4. The Bertz CT molecular complexity index is 4600. The molecule has 84 heavy (non-hydrogen) atoms. The monoisotopic (exact) mass is 1080 g/mol. The van der Waals surface area contributed by atoms with Gasteiger partial charge in [0, 0.05) is 32.3 Å². The zero-order valence-electron chi connectivity index (χ0n) is 47.9. The number of rotatable bonds is 6. The number of aromatic nitrogens is 3. The van der Waals surface area contributed by atoms with Gasteiger partial charge in [-0.2, -0.15) is 21.0 Å². The highest BCUT2D eigenvalue weighted by atomic mass is 15.0. The van der Waals surface area contributed by atoms with Gasteiger partial charge >= 0.3 is 0 Å². The summed E-state index contributed by atoms with van der Waals surface area (Å²) < 4.78 is 6.10. The Balaban J connectivity index is 1.11. The molecule has 0 saturated carbocycles. The van der Waals surface area contributed by atoms with Crippen molar-refractivity contribution in [1.29, 1.82) is 21.0 Å². The largest absolute Gasteiger partial charge is 0.318 e. The molecule has 0 aliphatic rings. The van der Waals surface area contributed by atoms with E-state index >= 15 is 0 Å². The van der Waals surface area contributed by atoms with Crippen molar-refractivity contribution in [3.8, 4) is 74.7 Å². The van der Waals surface area contributed by atoms with Gasteiger partial charge in [-0.05, 0) is 222 Å². The number of fused-ring (bicyclic) bond motifs is 9. The first-order valence-corrected chi connectivity index (χ1v) is 27.7. The Hall–Kier alpha value is -11.5. The van der Waals surface area contributed by atoms with Crippen LogP contribution in [-0.4, -0.2) is 13.7 Å². The minimum Gasteiger partial charge on any atom is -0.318 e. The summed E-state index contributed by atoms with van der Waals surface area (Å²) in [5.41, 5.74) is 21.2. The molecule has 0 fully saturated rings. The van der Waals surface area contributed by atoms with Crippen LogP contribution >= 0.6 is 0 Å². The van der Waals surface area contributed by atoms with Crippen LogP contribution < -0.4 is 0 Å². The second kappa shape index (κ2) is 19.4. The third-order valence-corrected chi connectivity index (χ3v) is 17.0. The summed E-state index contributed by atoms with van der Waals surface area (Å²) >= 11 is 0. The number of nitrogens with zero attached hydrogens (tertiary/aromatic N) is 9. The Morgan fingerprint density at radius 1 is 0.298 bits per heavy atom. The summed E-state index contributed by atoms with van der Waals surface area (Å²) in [6.45, 7) is 36.1. The minimum absolute atomic E-state index is 0.272. The van der Waals surface area contributed by atoms with Crippen molar-refractivity contribution in [2.75, 3.05) is 0 Å². The van der Waals surface area contributed by atoms with Gasteiger partial charge in [-0.25, -0.2) is 9.69 Å². The molecule has 0 aliphatic heterocycles. The second-order valence-corrected chi connectivity index (χ2v) is 22.5. The van der Waals surface area contributed by atoms with Crippen molar-refractivity contribution in [1.82, 2.24) is 13.7 Å². The quantitative estimate of drug-likeness (QED) is 0.154. The number of benzene rings is 10. The van der Waals surface area contributed by atoms with Gasteiger partial charge in [-0.3, -0.25) is 0 Å². The van der Waals surface area contributed by atoms with Crippen molar-refractivity contribution in [2.45, 2.75) is 62.3 Å². The standard InChI is InChI=1S/C75H51N9/c1-40-12-18-64-56(24-40)57-25-41(2)13-19-65(57)82(64)73-52(36-76)30-49(31-53(73)37-77)70-46(7)71(50-32-54(38-78)74(62(34-50)80-10)83-66-20-14-42(3)26-58(66)59-27-43(4)15-21-67(59)83)48(9)72(47(70)8)51-33-55(39-79)75(63(35-51)81-11)84-68-22-16-44(5)28-60(68)61-29-45(6)17-23-69(61)84/h12-35H,1-9H3. The van der Waals surface area contributed by atoms with Gasteiger partial charge < -0.3 is 13.7 Å². The first-order valence-electron chi connectivity index (χ1n) is 27.7. The molecule has 0 radical (unpaired) electrons. The molecule has 0 saturated heterocycles. The van der Waals surface area contributed by atoms with Gasteiger partial charge in [0.1, 0.15) is 12.1 Å². The van der Waals surface area contributed by atoms with Gasteiger partial charge in [0.25, 0.3) is 0 Å². The molecule has 0 aliphatic carbocycles. The Kier molecular flexibility index (Phi) is 12.0. The highest BCUT2D eigenvalue weighted by molar-refractivity contribution is 6.13. The van der Waals surface area contributed by atoms with Crippen LogP contribution in [0.25, 0.3) is 126 Å². The summed E-state index contributed by atoms with van der Waals surface area (Å²) in [5.74, 6) is 0. The summed E-state index contributed by atoms with van der Waals surface area (Å²) in [4.78, 5) is 8.41. The molecule has 13 aromatic rings. The van der Waals surface area contributed by atoms with E-state index in [1.165, 1.54) is 0 Å². The van der Waals surface area contributed by atoms with Crippen LogP contribution in [0.15, 0.2) is 146 Å². The number of nitriles is 4. The summed E-state index contributed by atoms with van der Waals surface area (Å²) in [5, 5.41) is 51.5. The molecule has 10 aromatic carbocycles. The smallest absolute Gasteiger partial charge is 0.212 e. The maximum absolute atomic E-state index is 11.4. The van der Waals surface area contributed by atoms with Gasteiger partial charge in [0.2, 0.25) is 11.4 Å². The second-order valence-electron chi connectivity index (χ2n) is 22.5. The fourth-order valence-corrected chi connectivity index (χ4v) is 13.5. The van der Waals surface area contributed by atoms with Crippen molar-refractivity contribution >= 4 is 76.8 Å².